The Labute approximate surface area is 130 Å². The highest BCUT2D eigenvalue weighted by molar-refractivity contribution is 5.43. The summed E-state index contributed by atoms with van der Waals surface area (Å²) in [7, 11) is 3.54. The molecule has 2 atom stereocenters. The van der Waals surface area contributed by atoms with Gasteiger partial charge >= 0.3 is 0 Å². The van der Waals surface area contributed by atoms with Crippen LogP contribution >= 0.6 is 0 Å². The molecule has 0 aromatic heterocycles. The standard InChI is InChI=1S/C18H31NO2/c1-7-9-16(20-5)18(19-10-8-2)15-11-14(4)17(21-6)12-13(15)3/h11-12,16,18-19H,7-10H2,1-6H3. The van der Waals surface area contributed by atoms with Gasteiger partial charge in [-0.15, -0.1) is 0 Å². The molecule has 0 aliphatic heterocycles. The number of aryl methyl sites for hydroxylation is 2. The molecule has 0 spiro atoms. The van der Waals surface area contributed by atoms with Gasteiger partial charge in [0, 0.05) is 7.11 Å². The van der Waals surface area contributed by atoms with Crippen LogP contribution in [0.4, 0.5) is 0 Å². The molecule has 0 radical (unpaired) electrons. The average Bonchev–Trinajstić information content (AvgIpc) is 2.49. The molecule has 120 valence electrons. The van der Waals surface area contributed by atoms with Crippen molar-refractivity contribution in [3.63, 3.8) is 0 Å². The van der Waals surface area contributed by atoms with Crippen molar-refractivity contribution in [3.05, 3.63) is 28.8 Å². The van der Waals surface area contributed by atoms with Crippen LogP contribution in [0.2, 0.25) is 0 Å². The lowest BCUT2D eigenvalue weighted by Crippen LogP contribution is -2.34. The first kappa shape index (κ1) is 18.0. The topological polar surface area (TPSA) is 30.5 Å². The lowest BCUT2D eigenvalue weighted by molar-refractivity contribution is 0.0604. The molecule has 0 saturated heterocycles. The number of methoxy groups -OCH3 is 2. The SMILES string of the molecule is CCCNC(c1cc(C)c(OC)cc1C)C(CCC)OC. The van der Waals surface area contributed by atoms with E-state index in [0.29, 0.717) is 0 Å². The van der Waals surface area contributed by atoms with E-state index in [1.165, 1.54) is 16.7 Å². The number of hydrogen-bond acceptors (Lipinski definition) is 3. The van der Waals surface area contributed by atoms with Gasteiger partial charge in [-0.2, -0.15) is 0 Å². The molecule has 0 saturated carbocycles. The van der Waals surface area contributed by atoms with Crippen LogP contribution in [-0.2, 0) is 4.74 Å². The van der Waals surface area contributed by atoms with Crippen molar-refractivity contribution in [1.29, 1.82) is 0 Å². The second-order valence-corrected chi connectivity index (χ2v) is 5.67. The third-order valence-corrected chi connectivity index (χ3v) is 3.98. The van der Waals surface area contributed by atoms with E-state index in [1.54, 1.807) is 7.11 Å². The monoisotopic (exact) mass is 293 g/mol. The van der Waals surface area contributed by atoms with Crippen molar-refractivity contribution in [3.8, 4) is 5.75 Å². The maximum atomic E-state index is 5.76. The molecule has 0 amide bonds. The average molecular weight is 293 g/mol. The Morgan fingerprint density at radius 3 is 2.29 bits per heavy atom. The lowest BCUT2D eigenvalue weighted by atomic mass is 9.92. The summed E-state index contributed by atoms with van der Waals surface area (Å²) in [6, 6.07) is 4.60. The summed E-state index contributed by atoms with van der Waals surface area (Å²) >= 11 is 0. The van der Waals surface area contributed by atoms with Crippen molar-refractivity contribution in [2.45, 2.75) is 59.1 Å². The van der Waals surface area contributed by atoms with E-state index < -0.39 is 0 Å². The van der Waals surface area contributed by atoms with Gasteiger partial charge < -0.3 is 14.8 Å². The Bertz CT molecular complexity index is 431. The molecular weight excluding hydrogens is 262 g/mol. The molecule has 3 nitrogen and oxygen atoms in total. The Morgan fingerprint density at radius 1 is 1.05 bits per heavy atom. The van der Waals surface area contributed by atoms with Gasteiger partial charge in [0.1, 0.15) is 5.75 Å². The second-order valence-electron chi connectivity index (χ2n) is 5.67. The molecule has 0 aliphatic carbocycles. The molecule has 21 heavy (non-hydrogen) atoms. The van der Waals surface area contributed by atoms with E-state index in [-0.39, 0.29) is 12.1 Å². The van der Waals surface area contributed by atoms with Crippen molar-refractivity contribution >= 4 is 0 Å². The molecule has 2 unspecified atom stereocenters. The fourth-order valence-electron chi connectivity index (χ4n) is 2.81. The molecule has 0 heterocycles. The van der Waals surface area contributed by atoms with Crippen LogP contribution in [0.5, 0.6) is 5.75 Å². The summed E-state index contributed by atoms with van der Waals surface area (Å²) < 4.78 is 11.2. The fraction of sp³-hybridized carbons (Fsp3) is 0.667. The number of rotatable bonds is 9. The first-order valence-corrected chi connectivity index (χ1v) is 8.00. The molecule has 0 aliphatic rings. The molecule has 1 aromatic carbocycles. The van der Waals surface area contributed by atoms with Crippen molar-refractivity contribution in [2.24, 2.45) is 0 Å². The van der Waals surface area contributed by atoms with Gasteiger partial charge in [0.25, 0.3) is 0 Å². The predicted molar refractivity (Wildman–Crippen MR) is 89.2 cm³/mol. The minimum Gasteiger partial charge on any atom is -0.496 e. The van der Waals surface area contributed by atoms with Crippen molar-refractivity contribution < 1.29 is 9.47 Å². The molecule has 1 rings (SSSR count). The normalized spacial score (nSPS) is 14.0. The first-order valence-electron chi connectivity index (χ1n) is 8.00. The van der Waals surface area contributed by atoms with Gasteiger partial charge in [0.2, 0.25) is 0 Å². The van der Waals surface area contributed by atoms with E-state index in [2.05, 4.69) is 45.1 Å². The van der Waals surface area contributed by atoms with Crippen LogP contribution in [0, 0.1) is 13.8 Å². The maximum Gasteiger partial charge on any atom is 0.122 e. The van der Waals surface area contributed by atoms with E-state index in [1.807, 2.05) is 7.11 Å². The Hall–Kier alpha value is -1.06. The Morgan fingerprint density at radius 2 is 1.76 bits per heavy atom. The summed E-state index contributed by atoms with van der Waals surface area (Å²) in [5, 5.41) is 3.66. The fourth-order valence-corrected chi connectivity index (χ4v) is 2.81. The Kier molecular flexibility index (Phi) is 7.76. The van der Waals surface area contributed by atoms with Gasteiger partial charge in [-0.1, -0.05) is 26.3 Å². The Balaban J connectivity index is 3.15. The number of benzene rings is 1. The number of nitrogens with one attached hydrogen (secondary N) is 1. The molecule has 3 heteroatoms. The van der Waals surface area contributed by atoms with Crippen LogP contribution in [0.25, 0.3) is 0 Å². The third kappa shape index (κ3) is 4.72. The molecular formula is C18H31NO2. The van der Waals surface area contributed by atoms with Crippen molar-refractivity contribution in [2.75, 3.05) is 20.8 Å². The van der Waals surface area contributed by atoms with Gasteiger partial charge in [-0.05, 0) is 56.0 Å². The molecule has 1 N–H and O–H groups in total. The minimum atomic E-state index is 0.202. The number of hydrogen-bond donors (Lipinski definition) is 1. The highest BCUT2D eigenvalue weighted by atomic mass is 16.5. The van der Waals surface area contributed by atoms with Gasteiger partial charge in [-0.25, -0.2) is 0 Å². The van der Waals surface area contributed by atoms with E-state index >= 15 is 0 Å². The van der Waals surface area contributed by atoms with E-state index in [4.69, 9.17) is 9.47 Å². The minimum absolute atomic E-state index is 0.202. The van der Waals surface area contributed by atoms with Crippen molar-refractivity contribution in [1.82, 2.24) is 5.32 Å². The molecule has 0 fully saturated rings. The van der Waals surface area contributed by atoms with Gasteiger partial charge in [0.15, 0.2) is 0 Å². The van der Waals surface area contributed by atoms with E-state index in [9.17, 15) is 0 Å². The lowest BCUT2D eigenvalue weighted by Gasteiger charge is -2.29. The van der Waals surface area contributed by atoms with Crippen LogP contribution < -0.4 is 10.1 Å². The predicted octanol–water partition coefficient (Wildman–Crippen LogP) is 4.17. The highest BCUT2D eigenvalue weighted by Crippen LogP contribution is 2.30. The van der Waals surface area contributed by atoms with E-state index in [0.717, 1.165) is 31.6 Å². The highest BCUT2D eigenvalue weighted by Gasteiger charge is 2.24. The van der Waals surface area contributed by atoms with Crippen LogP contribution in [-0.4, -0.2) is 26.9 Å². The molecule has 1 aromatic rings. The zero-order valence-corrected chi connectivity index (χ0v) is 14.5. The molecule has 0 bridgehead atoms. The summed E-state index contributed by atoms with van der Waals surface area (Å²) in [5.41, 5.74) is 3.75. The van der Waals surface area contributed by atoms with Crippen LogP contribution in [0.1, 0.15) is 55.8 Å². The third-order valence-electron chi connectivity index (χ3n) is 3.98. The maximum absolute atomic E-state index is 5.76. The summed E-state index contributed by atoms with van der Waals surface area (Å²) in [5.74, 6) is 0.954. The second kappa shape index (κ2) is 9.06. The summed E-state index contributed by atoms with van der Waals surface area (Å²) in [4.78, 5) is 0. The largest absolute Gasteiger partial charge is 0.496 e. The quantitative estimate of drug-likeness (QED) is 0.741. The number of ether oxygens (including phenoxy) is 2. The summed E-state index contributed by atoms with van der Waals surface area (Å²) in [6.45, 7) is 9.64. The van der Waals surface area contributed by atoms with Crippen LogP contribution in [0.15, 0.2) is 12.1 Å². The smallest absolute Gasteiger partial charge is 0.122 e. The summed E-state index contributed by atoms with van der Waals surface area (Å²) in [6.07, 6.45) is 3.50. The zero-order valence-electron chi connectivity index (χ0n) is 14.5. The van der Waals surface area contributed by atoms with Crippen LogP contribution in [0.3, 0.4) is 0 Å². The van der Waals surface area contributed by atoms with Gasteiger partial charge in [0.05, 0.1) is 19.3 Å². The van der Waals surface area contributed by atoms with Gasteiger partial charge in [-0.3, -0.25) is 0 Å². The first-order chi connectivity index (χ1) is 10.1. The zero-order chi connectivity index (χ0) is 15.8.